The van der Waals surface area contributed by atoms with Crippen LogP contribution < -0.4 is 10.6 Å². The summed E-state index contributed by atoms with van der Waals surface area (Å²) in [6.45, 7) is 5.27. The molecule has 1 aromatic rings. The van der Waals surface area contributed by atoms with E-state index in [9.17, 15) is 9.59 Å². The average molecular weight is 306 g/mol. The van der Waals surface area contributed by atoms with Crippen molar-refractivity contribution in [2.75, 3.05) is 25.1 Å². The Morgan fingerprint density at radius 3 is 3.00 bits per heavy atom. The molecule has 1 aliphatic rings. The average Bonchev–Trinajstić information content (AvgIpc) is 2.48. The van der Waals surface area contributed by atoms with Crippen molar-refractivity contribution in [3.05, 3.63) is 29.8 Å². The van der Waals surface area contributed by atoms with Gasteiger partial charge in [0, 0.05) is 12.2 Å². The van der Waals surface area contributed by atoms with Crippen molar-refractivity contribution in [2.45, 2.75) is 32.4 Å². The lowest BCUT2D eigenvalue weighted by atomic mass is 10.1. The molecule has 0 aliphatic carbocycles. The monoisotopic (exact) mass is 306 g/mol. The molecule has 0 radical (unpaired) electrons. The molecule has 1 heterocycles. The molecule has 6 heteroatoms. The molecule has 1 fully saturated rings. The van der Waals surface area contributed by atoms with Crippen LogP contribution in [0.4, 0.5) is 5.69 Å². The van der Waals surface area contributed by atoms with Gasteiger partial charge >= 0.3 is 5.97 Å². The van der Waals surface area contributed by atoms with Gasteiger partial charge in [-0.1, -0.05) is 12.1 Å². The minimum absolute atomic E-state index is 0.138. The highest BCUT2D eigenvalue weighted by Crippen LogP contribution is 2.14. The first-order valence-electron chi connectivity index (χ1n) is 7.50. The quantitative estimate of drug-likeness (QED) is 0.797. The third-order valence-corrected chi connectivity index (χ3v) is 3.45. The number of hydrogen-bond acceptors (Lipinski definition) is 5. The van der Waals surface area contributed by atoms with Gasteiger partial charge in [0.15, 0.2) is 0 Å². The van der Waals surface area contributed by atoms with Crippen LogP contribution in [0.1, 0.15) is 19.4 Å². The molecule has 0 aromatic heterocycles. The maximum atomic E-state index is 12.3. The molecule has 1 saturated heterocycles. The lowest BCUT2D eigenvalue weighted by Gasteiger charge is -2.29. The summed E-state index contributed by atoms with van der Waals surface area (Å²) < 4.78 is 10.4. The van der Waals surface area contributed by atoms with Crippen LogP contribution in [0, 0.1) is 0 Å². The van der Waals surface area contributed by atoms with Gasteiger partial charge in [-0.2, -0.15) is 0 Å². The third-order valence-electron chi connectivity index (χ3n) is 3.45. The van der Waals surface area contributed by atoms with Gasteiger partial charge in [-0.05, 0) is 31.5 Å². The molecule has 0 unspecified atom stereocenters. The molecule has 1 aromatic carbocycles. The summed E-state index contributed by atoms with van der Waals surface area (Å²) in [5, 5.41) is 6.00. The van der Waals surface area contributed by atoms with Crippen LogP contribution in [-0.2, 0) is 25.5 Å². The van der Waals surface area contributed by atoms with E-state index in [1.165, 1.54) is 0 Å². The van der Waals surface area contributed by atoms with Crippen molar-refractivity contribution >= 4 is 17.6 Å². The summed E-state index contributed by atoms with van der Waals surface area (Å²) in [5.74, 6) is -0.414. The van der Waals surface area contributed by atoms with Gasteiger partial charge in [-0.25, -0.2) is 0 Å². The third kappa shape index (κ3) is 4.54. The van der Waals surface area contributed by atoms with E-state index in [1.807, 2.05) is 13.0 Å². The Bertz CT molecular complexity index is 533. The first-order valence-corrected chi connectivity index (χ1v) is 7.50. The van der Waals surface area contributed by atoms with E-state index < -0.39 is 0 Å². The number of nitrogens with one attached hydrogen (secondary N) is 2. The predicted octanol–water partition coefficient (Wildman–Crippen LogP) is 1.11. The fraction of sp³-hybridized carbons (Fsp3) is 0.500. The number of carbonyl (C=O) groups is 2. The number of amides is 1. The fourth-order valence-corrected chi connectivity index (χ4v) is 2.39. The molecular formula is C16H22N2O4. The molecule has 0 bridgehead atoms. The number of morpholine rings is 1. The highest BCUT2D eigenvalue weighted by molar-refractivity contribution is 5.95. The highest BCUT2D eigenvalue weighted by atomic mass is 16.5. The molecule has 0 saturated carbocycles. The van der Waals surface area contributed by atoms with Crippen molar-refractivity contribution in [1.82, 2.24) is 5.32 Å². The summed E-state index contributed by atoms with van der Waals surface area (Å²) in [7, 11) is 0. The molecule has 1 aliphatic heterocycles. The molecule has 6 nitrogen and oxygen atoms in total. The number of rotatable bonds is 5. The molecule has 1 amide bonds. The van der Waals surface area contributed by atoms with Gasteiger partial charge < -0.3 is 20.1 Å². The van der Waals surface area contributed by atoms with Crippen LogP contribution in [0.5, 0.6) is 0 Å². The first kappa shape index (κ1) is 16.5. The molecule has 120 valence electrons. The van der Waals surface area contributed by atoms with Crippen LogP contribution in [0.25, 0.3) is 0 Å². The Morgan fingerprint density at radius 2 is 2.27 bits per heavy atom. The van der Waals surface area contributed by atoms with Crippen molar-refractivity contribution in [1.29, 1.82) is 0 Å². The minimum atomic E-state index is -0.373. The smallest absolute Gasteiger partial charge is 0.310 e. The van der Waals surface area contributed by atoms with Gasteiger partial charge in [-0.3, -0.25) is 9.59 Å². The molecule has 2 rings (SSSR count). The second kappa shape index (κ2) is 7.91. The summed E-state index contributed by atoms with van der Waals surface area (Å²) in [4.78, 5) is 23.8. The minimum Gasteiger partial charge on any atom is -0.466 e. The molecule has 2 atom stereocenters. The number of ether oxygens (including phenoxy) is 2. The number of carbonyl (C=O) groups excluding carboxylic acids is 2. The maximum absolute atomic E-state index is 12.3. The number of esters is 1. The molecule has 22 heavy (non-hydrogen) atoms. The zero-order valence-corrected chi connectivity index (χ0v) is 12.9. The van der Waals surface area contributed by atoms with Crippen molar-refractivity contribution < 1.29 is 19.1 Å². The van der Waals surface area contributed by atoms with E-state index in [2.05, 4.69) is 10.6 Å². The standard InChI is InChI=1S/C16H22N2O4/c1-3-21-14(19)10-12-5-4-6-13(9-12)18-16(20)15-11(2)22-8-7-17-15/h4-6,9,11,15,17H,3,7-8,10H2,1-2H3,(H,18,20)/t11-,15+/m1/s1. The number of hydrogen-bond donors (Lipinski definition) is 2. The topological polar surface area (TPSA) is 76.7 Å². The number of anilines is 1. The van der Waals surface area contributed by atoms with E-state index in [-0.39, 0.29) is 30.4 Å². The zero-order chi connectivity index (χ0) is 15.9. The van der Waals surface area contributed by atoms with Gasteiger partial charge in [-0.15, -0.1) is 0 Å². The Morgan fingerprint density at radius 1 is 1.45 bits per heavy atom. The van der Waals surface area contributed by atoms with Crippen LogP contribution in [0.2, 0.25) is 0 Å². The Kier molecular flexibility index (Phi) is 5.91. The van der Waals surface area contributed by atoms with E-state index in [1.54, 1.807) is 25.1 Å². The summed E-state index contributed by atoms with van der Waals surface area (Å²) in [5.41, 5.74) is 1.46. The maximum Gasteiger partial charge on any atom is 0.310 e. The van der Waals surface area contributed by atoms with Gasteiger partial charge in [0.1, 0.15) is 6.04 Å². The van der Waals surface area contributed by atoms with E-state index in [0.29, 0.717) is 25.4 Å². The first-order chi connectivity index (χ1) is 10.6. The van der Waals surface area contributed by atoms with E-state index in [4.69, 9.17) is 9.47 Å². The largest absolute Gasteiger partial charge is 0.466 e. The van der Waals surface area contributed by atoms with Crippen LogP contribution in [-0.4, -0.2) is 43.8 Å². The van der Waals surface area contributed by atoms with Crippen molar-refractivity contribution in [3.63, 3.8) is 0 Å². The van der Waals surface area contributed by atoms with Crippen LogP contribution in [0.15, 0.2) is 24.3 Å². The summed E-state index contributed by atoms with van der Waals surface area (Å²) in [6, 6.07) is 6.84. The van der Waals surface area contributed by atoms with Crippen LogP contribution in [0.3, 0.4) is 0 Å². The highest BCUT2D eigenvalue weighted by Gasteiger charge is 2.28. The Labute approximate surface area is 130 Å². The predicted molar refractivity (Wildman–Crippen MR) is 82.6 cm³/mol. The molecule has 2 N–H and O–H groups in total. The van der Waals surface area contributed by atoms with Crippen LogP contribution >= 0.6 is 0 Å². The zero-order valence-electron chi connectivity index (χ0n) is 12.9. The lowest BCUT2D eigenvalue weighted by molar-refractivity contribution is -0.142. The van der Waals surface area contributed by atoms with Gasteiger partial charge in [0.25, 0.3) is 0 Å². The second-order valence-corrected chi connectivity index (χ2v) is 5.18. The number of benzene rings is 1. The normalized spacial score (nSPS) is 21.2. The molecular weight excluding hydrogens is 284 g/mol. The lowest BCUT2D eigenvalue weighted by Crippen LogP contribution is -2.53. The van der Waals surface area contributed by atoms with Crippen molar-refractivity contribution in [3.8, 4) is 0 Å². The SMILES string of the molecule is CCOC(=O)Cc1cccc(NC(=O)[C@H]2NCCO[C@@H]2C)c1. The van der Waals surface area contributed by atoms with Gasteiger partial charge in [0.05, 0.1) is 25.7 Å². The summed E-state index contributed by atoms with van der Waals surface area (Å²) in [6.07, 6.45) is 0.0233. The van der Waals surface area contributed by atoms with E-state index >= 15 is 0 Å². The van der Waals surface area contributed by atoms with E-state index in [0.717, 1.165) is 5.56 Å². The fourth-order valence-electron chi connectivity index (χ4n) is 2.39. The van der Waals surface area contributed by atoms with Gasteiger partial charge in [0.2, 0.25) is 5.91 Å². The second-order valence-electron chi connectivity index (χ2n) is 5.18. The Hall–Kier alpha value is -1.92. The summed E-state index contributed by atoms with van der Waals surface area (Å²) >= 11 is 0. The molecule has 0 spiro atoms. The Balaban J connectivity index is 1.97. The van der Waals surface area contributed by atoms with Crippen molar-refractivity contribution in [2.24, 2.45) is 0 Å².